The van der Waals surface area contributed by atoms with Gasteiger partial charge in [0.25, 0.3) is 0 Å². The fourth-order valence-electron chi connectivity index (χ4n) is 2.34. The standard InChI is InChI=1S/C15H22N2O3/c1-11-6-7-12(15(16)17-18)10-14(11)20-9-3-5-13-4-2-8-19-13/h6-7,10,13,18H,2-5,8-9H2,1H3,(H2,16,17). The molecular formula is C15H22N2O3. The number of hydrogen-bond acceptors (Lipinski definition) is 4. The van der Waals surface area contributed by atoms with Gasteiger partial charge in [-0.25, -0.2) is 0 Å². The Kier molecular flexibility index (Phi) is 5.24. The third-order valence-corrected chi connectivity index (χ3v) is 3.54. The summed E-state index contributed by atoms with van der Waals surface area (Å²) in [6.45, 7) is 3.53. The largest absolute Gasteiger partial charge is 0.493 e. The molecule has 1 atom stereocenters. The third-order valence-electron chi connectivity index (χ3n) is 3.54. The van der Waals surface area contributed by atoms with Crippen molar-refractivity contribution in [2.75, 3.05) is 13.2 Å². The molecule has 0 amide bonds. The van der Waals surface area contributed by atoms with Crippen LogP contribution in [0.2, 0.25) is 0 Å². The van der Waals surface area contributed by atoms with Crippen LogP contribution in [0, 0.1) is 6.92 Å². The van der Waals surface area contributed by atoms with Gasteiger partial charge in [0.2, 0.25) is 0 Å². The number of hydrogen-bond donors (Lipinski definition) is 2. The molecule has 0 bridgehead atoms. The lowest BCUT2D eigenvalue weighted by Crippen LogP contribution is -2.13. The van der Waals surface area contributed by atoms with Gasteiger partial charge in [0.15, 0.2) is 5.84 Å². The van der Waals surface area contributed by atoms with E-state index in [1.54, 1.807) is 6.07 Å². The lowest BCUT2D eigenvalue weighted by Gasteiger charge is -2.12. The summed E-state index contributed by atoms with van der Waals surface area (Å²) in [6, 6.07) is 5.52. The molecule has 0 aliphatic carbocycles. The first-order valence-corrected chi connectivity index (χ1v) is 7.03. The lowest BCUT2D eigenvalue weighted by molar-refractivity contribution is 0.0981. The van der Waals surface area contributed by atoms with Gasteiger partial charge in [0.1, 0.15) is 5.75 Å². The fourth-order valence-corrected chi connectivity index (χ4v) is 2.34. The van der Waals surface area contributed by atoms with Gasteiger partial charge in [-0.15, -0.1) is 0 Å². The maximum Gasteiger partial charge on any atom is 0.170 e. The molecule has 1 aliphatic heterocycles. The number of nitrogens with zero attached hydrogens (tertiary/aromatic N) is 1. The van der Waals surface area contributed by atoms with Crippen molar-refractivity contribution in [3.63, 3.8) is 0 Å². The summed E-state index contributed by atoms with van der Waals surface area (Å²) in [5, 5.41) is 11.7. The van der Waals surface area contributed by atoms with E-state index < -0.39 is 0 Å². The van der Waals surface area contributed by atoms with Gasteiger partial charge < -0.3 is 20.4 Å². The first-order chi connectivity index (χ1) is 9.70. The van der Waals surface area contributed by atoms with Gasteiger partial charge in [0, 0.05) is 12.2 Å². The molecule has 5 heteroatoms. The zero-order valence-corrected chi connectivity index (χ0v) is 11.8. The molecule has 1 heterocycles. The van der Waals surface area contributed by atoms with E-state index in [-0.39, 0.29) is 5.84 Å². The molecule has 3 N–H and O–H groups in total. The van der Waals surface area contributed by atoms with E-state index in [0.717, 1.165) is 37.2 Å². The molecule has 2 rings (SSSR count). The zero-order valence-electron chi connectivity index (χ0n) is 11.8. The highest BCUT2D eigenvalue weighted by Crippen LogP contribution is 2.21. The Morgan fingerprint density at radius 1 is 1.55 bits per heavy atom. The molecule has 1 saturated heterocycles. The number of aryl methyl sites for hydroxylation is 1. The highest BCUT2D eigenvalue weighted by atomic mass is 16.5. The number of oxime groups is 1. The van der Waals surface area contributed by atoms with Crippen molar-refractivity contribution < 1.29 is 14.7 Å². The average molecular weight is 278 g/mol. The molecule has 0 aromatic heterocycles. The lowest BCUT2D eigenvalue weighted by atomic mass is 10.1. The summed E-state index contributed by atoms with van der Waals surface area (Å²) in [6.07, 6.45) is 4.75. The summed E-state index contributed by atoms with van der Waals surface area (Å²) < 4.78 is 11.4. The molecule has 1 aliphatic rings. The van der Waals surface area contributed by atoms with E-state index >= 15 is 0 Å². The highest BCUT2D eigenvalue weighted by molar-refractivity contribution is 5.97. The van der Waals surface area contributed by atoms with Crippen molar-refractivity contribution in [1.82, 2.24) is 0 Å². The second-order valence-corrected chi connectivity index (χ2v) is 5.09. The van der Waals surface area contributed by atoms with Crippen LogP contribution in [0.5, 0.6) is 5.75 Å². The SMILES string of the molecule is Cc1ccc(/C(N)=N/O)cc1OCCCC1CCCO1. The van der Waals surface area contributed by atoms with Crippen LogP contribution in [0.15, 0.2) is 23.4 Å². The van der Waals surface area contributed by atoms with Crippen LogP contribution in [-0.2, 0) is 4.74 Å². The van der Waals surface area contributed by atoms with E-state index in [1.807, 2.05) is 19.1 Å². The van der Waals surface area contributed by atoms with Gasteiger partial charge >= 0.3 is 0 Å². The zero-order chi connectivity index (χ0) is 14.4. The number of rotatable bonds is 6. The van der Waals surface area contributed by atoms with Crippen molar-refractivity contribution >= 4 is 5.84 Å². The van der Waals surface area contributed by atoms with Gasteiger partial charge in [-0.1, -0.05) is 17.3 Å². The molecule has 110 valence electrons. The number of benzene rings is 1. The van der Waals surface area contributed by atoms with E-state index in [9.17, 15) is 0 Å². The first kappa shape index (κ1) is 14.7. The van der Waals surface area contributed by atoms with E-state index in [1.165, 1.54) is 6.42 Å². The maximum absolute atomic E-state index is 8.69. The summed E-state index contributed by atoms with van der Waals surface area (Å²) in [7, 11) is 0. The molecule has 5 nitrogen and oxygen atoms in total. The molecule has 1 aromatic carbocycles. The van der Waals surface area contributed by atoms with Crippen LogP contribution < -0.4 is 10.5 Å². The fraction of sp³-hybridized carbons (Fsp3) is 0.533. The minimum absolute atomic E-state index is 0.0919. The van der Waals surface area contributed by atoms with Crippen molar-refractivity contribution in [1.29, 1.82) is 0 Å². The van der Waals surface area contributed by atoms with Crippen LogP contribution in [0.3, 0.4) is 0 Å². The smallest absolute Gasteiger partial charge is 0.170 e. The van der Waals surface area contributed by atoms with Crippen LogP contribution >= 0.6 is 0 Å². The van der Waals surface area contributed by atoms with Gasteiger partial charge in [0.05, 0.1) is 12.7 Å². The second-order valence-electron chi connectivity index (χ2n) is 5.09. The second kappa shape index (κ2) is 7.14. The summed E-state index contributed by atoms with van der Waals surface area (Å²) in [4.78, 5) is 0. The average Bonchev–Trinajstić information content (AvgIpc) is 2.97. The number of ether oxygens (including phenoxy) is 2. The normalized spacial score (nSPS) is 19.2. The Hall–Kier alpha value is -1.75. The Bertz CT molecular complexity index is 468. The van der Waals surface area contributed by atoms with Crippen LogP contribution in [0.1, 0.15) is 36.8 Å². The third kappa shape index (κ3) is 3.87. The van der Waals surface area contributed by atoms with Crippen LogP contribution in [0.4, 0.5) is 0 Å². The van der Waals surface area contributed by atoms with Crippen LogP contribution in [-0.4, -0.2) is 30.4 Å². The van der Waals surface area contributed by atoms with Gasteiger partial charge in [-0.05, 0) is 44.2 Å². The Morgan fingerprint density at radius 2 is 2.40 bits per heavy atom. The molecular weight excluding hydrogens is 256 g/mol. The predicted octanol–water partition coefficient (Wildman–Crippen LogP) is 2.43. The summed E-state index contributed by atoms with van der Waals surface area (Å²) >= 11 is 0. The molecule has 0 saturated carbocycles. The topological polar surface area (TPSA) is 77.1 Å². The minimum atomic E-state index is 0.0919. The summed E-state index contributed by atoms with van der Waals surface area (Å²) in [5.41, 5.74) is 7.28. The van der Waals surface area contributed by atoms with Gasteiger partial charge in [-0.3, -0.25) is 0 Å². The maximum atomic E-state index is 8.69. The first-order valence-electron chi connectivity index (χ1n) is 7.03. The molecule has 1 unspecified atom stereocenters. The van der Waals surface area contributed by atoms with Crippen molar-refractivity contribution in [2.45, 2.75) is 38.7 Å². The van der Waals surface area contributed by atoms with E-state index in [0.29, 0.717) is 18.3 Å². The Balaban J connectivity index is 1.85. The van der Waals surface area contributed by atoms with Crippen molar-refractivity contribution in [3.05, 3.63) is 29.3 Å². The van der Waals surface area contributed by atoms with Crippen molar-refractivity contribution in [3.8, 4) is 5.75 Å². The van der Waals surface area contributed by atoms with Crippen LogP contribution in [0.25, 0.3) is 0 Å². The quantitative estimate of drug-likeness (QED) is 0.275. The molecule has 0 radical (unpaired) electrons. The molecule has 1 fully saturated rings. The minimum Gasteiger partial charge on any atom is -0.493 e. The monoisotopic (exact) mass is 278 g/mol. The highest BCUT2D eigenvalue weighted by Gasteiger charge is 2.14. The van der Waals surface area contributed by atoms with E-state index in [4.69, 9.17) is 20.4 Å². The Morgan fingerprint density at radius 3 is 3.10 bits per heavy atom. The summed E-state index contributed by atoms with van der Waals surface area (Å²) in [5.74, 6) is 0.871. The molecule has 0 spiro atoms. The van der Waals surface area contributed by atoms with Gasteiger partial charge in [-0.2, -0.15) is 0 Å². The Labute approximate surface area is 119 Å². The number of amidine groups is 1. The van der Waals surface area contributed by atoms with Crippen molar-refractivity contribution in [2.24, 2.45) is 10.9 Å². The number of nitrogens with two attached hydrogens (primary N) is 1. The molecule has 1 aromatic rings. The van der Waals surface area contributed by atoms with E-state index in [2.05, 4.69) is 5.16 Å². The predicted molar refractivity (Wildman–Crippen MR) is 77.4 cm³/mol. The molecule has 20 heavy (non-hydrogen) atoms.